The van der Waals surface area contributed by atoms with Crippen LogP contribution in [-0.4, -0.2) is 20.8 Å². The lowest BCUT2D eigenvalue weighted by Crippen LogP contribution is -2.34. The van der Waals surface area contributed by atoms with Crippen LogP contribution in [0.2, 0.25) is 0 Å². The van der Waals surface area contributed by atoms with Crippen LogP contribution in [0.5, 0.6) is 0 Å². The third-order valence-electron chi connectivity index (χ3n) is 3.61. The molecule has 116 valence electrons. The van der Waals surface area contributed by atoms with Crippen molar-refractivity contribution in [2.75, 3.05) is 4.90 Å². The minimum absolute atomic E-state index is 0.362. The number of aryl methyl sites for hydroxylation is 2. The summed E-state index contributed by atoms with van der Waals surface area (Å²) in [5, 5.41) is 4.23. The molecule has 0 saturated carbocycles. The minimum Gasteiger partial charge on any atom is -0.351 e. The Bertz CT molecular complexity index is 821. The normalized spacial score (nSPS) is 10.5. The fourth-order valence-corrected chi connectivity index (χ4v) is 2.61. The first-order valence-corrected chi connectivity index (χ1v) is 7.21. The Labute approximate surface area is 134 Å². The van der Waals surface area contributed by atoms with Gasteiger partial charge in [-0.25, -0.2) is 9.69 Å². The lowest BCUT2D eigenvalue weighted by Gasteiger charge is -2.23. The molecule has 23 heavy (non-hydrogen) atoms. The van der Waals surface area contributed by atoms with Gasteiger partial charge in [-0.15, -0.1) is 0 Å². The van der Waals surface area contributed by atoms with E-state index in [0.717, 1.165) is 22.5 Å². The van der Waals surface area contributed by atoms with E-state index in [2.05, 4.69) is 10.1 Å². The van der Waals surface area contributed by atoms with E-state index in [-0.39, 0.29) is 0 Å². The Balaban J connectivity index is 2.19. The fourth-order valence-electron chi connectivity index (χ4n) is 2.61. The van der Waals surface area contributed by atoms with E-state index in [1.165, 1.54) is 11.2 Å². The van der Waals surface area contributed by atoms with Crippen LogP contribution < -0.4 is 10.6 Å². The number of carbonyl (C=O) groups is 1. The Hall–Kier alpha value is -3.15. The summed E-state index contributed by atoms with van der Waals surface area (Å²) in [6.07, 6.45) is 1.41. The number of urea groups is 1. The van der Waals surface area contributed by atoms with E-state index in [9.17, 15) is 4.79 Å². The van der Waals surface area contributed by atoms with Crippen LogP contribution in [0.3, 0.4) is 0 Å². The SMILES string of the molecule is Cc1cccc(C)c1N(C(N)=O)c1ncnn1-c1ccccc1. The maximum atomic E-state index is 12.2. The third-order valence-corrected chi connectivity index (χ3v) is 3.61. The van der Waals surface area contributed by atoms with Crippen LogP contribution in [0.1, 0.15) is 11.1 Å². The van der Waals surface area contributed by atoms with E-state index in [1.54, 1.807) is 4.68 Å². The highest BCUT2D eigenvalue weighted by molar-refractivity contribution is 5.98. The van der Waals surface area contributed by atoms with Gasteiger partial charge in [0.15, 0.2) is 0 Å². The zero-order valence-electron chi connectivity index (χ0n) is 13.0. The van der Waals surface area contributed by atoms with Crippen LogP contribution in [0.15, 0.2) is 54.9 Å². The molecule has 6 nitrogen and oxygen atoms in total. The van der Waals surface area contributed by atoms with Crippen LogP contribution in [0, 0.1) is 13.8 Å². The van der Waals surface area contributed by atoms with E-state index in [1.807, 2.05) is 62.4 Å². The van der Waals surface area contributed by atoms with Gasteiger partial charge < -0.3 is 5.73 Å². The number of hydrogen-bond donors (Lipinski definition) is 1. The van der Waals surface area contributed by atoms with Crippen molar-refractivity contribution < 1.29 is 4.79 Å². The number of primary amides is 1. The highest BCUT2D eigenvalue weighted by Gasteiger charge is 2.24. The molecule has 0 unspecified atom stereocenters. The predicted molar refractivity (Wildman–Crippen MR) is 89.0 cm³/mol. The molecule has 3 aromatic rings. The molecule has 3 rings (SSSR count). The van der Waals surface area contributed by atoms with Gasteiger partial charge in [-0.2, -0.15) is 14.8 Å². The number of anilines is 2. The molecule has 0 aliphatic carbocycles. The van der Waals surface area contributed by atoms with Gasteiger partial charge in [-0.05, 0) is 37.1 Å². The van der Waals surface area contributed by atoms with Gasteiger partial charge >= 0.3 is 6.03 Å². The van der Waals surface area contributed by atoms with Gasteiger partial charge in [0, 0.05) is 0 Å². The van der Waals surface area contributed by atoms with Gasteiger partial charge in [-0.3, -0.25) is 0 Å². The first-order valence-electron chi connectivity index (χ1n) is 7.21. The molecule has 0 aliphatic heterocycles. The molecule has 2 amide bonds. The highest BCUT2D eigenvalue weighted by atomic mass is 16.2. The maximum Gasteiger partial charge on any atom is 0.326 e. The van der Waals surface area contributed by atoms with Gasteiger partial charge in [0.05, 0.1) is 11.4 Å². The van der Waals surface area contributed by atoms with Gasteiger partial charge in [-0.1, -0.05) is 36.4 Å². The molecular formula is C17H17N5O. The number of amides is 2. The largest absolute Gasteiger partial charge is 0.351 e. The first kappa shape index (κ1) is 14.8. The zero-order chi connectivity index (χ0) is 16.4. The molecule has 0 spiro atoms. The molecule has 0 atom stereocenters. The zero-order valence-corrected chi connectivity index (χ0v) is 13.0. The molecular weight excluding hydrogens is 290 g/mol. The van der Waals surface area contributed by atoms with E-state index in [0.29, 0.717) is 5.95 Å². The van der Waals surface area contributed by atoms with Crippen LogP contribution in [0.25, 0.3) is 5.69 Å². The summed E-state index contributed by atoms with van der Waals surface area (Å²) >= 11 is 0. The molecule has 2 N–H and O–H groups in total. The van der Waals surface area contributed by atoms with Crippen molar-refractivity contribution in [2.45, 2.75) is 13.8 Å². The highest BCUT2D eigenvalue weighted by Crippen LogP contribution is 2.31. The quantitative estimate of drug-likeness (QED) is 0.807. The molecule has 0 aliphatic rings. The Morgan fingerprint density at radius 1 is 1.04 bits per heavy atom. The molecule has 0 radical (unpaired) electrons. The van der Waals surface area contributed by atoms with E-state index in [4.69, 9.17) is 5.73 Å². The summed E-state index contributed by atoms with van der Waals surface area (Å²) < 4.78 is 1.59. The summed E-state index contributed by atoms with van der Waals surface area (Å²) in [6, 6.07) is 14.7. The van der Waals surface area contributed by atoms with Gasteiger partial charge in [0.25, 0.3) is 0 Å². The molecule has 0 fully saturated rings. The Morgan fingerprint density at radius 2 is 1.70 bits per heavy atom. The second-order valence-corrected chi connectivity index (χ2v) is 5.22. The number of carbonyl (C=O) groups excluding carboxylic acids is 1. The minimum atomic E-state index is -0.604. The number of para-hydroxylation sites is 2. The van der Waals surface area contributed by atoms with Crippen molar-refractivity contribution in [1.82, 2.24) is 14.8 Å². The number of benzene rings is 2. The Kier molecular flexibility index (Phi) is 3.80. The molecule has 0 saturated heterocycles. The van der Waals surface area contributed by atoms with Crippen molar-refractivity contribution in [3.05, 3.63) is 66.0 Å². The van der Waals surface area contributed by atoms with Crippen molar-refractivity contribution in [3.63, 3.8) is 0 Å². The summed E-state index contributed by atoms with van der Waals surface area (Å²) in [6.45, 7) is 3.86. The number of hydrogen-bond acceptors (Lipinski definition) is 3. The van der Waals surface area contributed by atoms with Gasteiger partial charge in [0.1, 0.15) is 6.33 Å². The number of nitrogens with two attached hydrogens (primary N) is 1. The van der Waals surface area contributed by atoms with E-state index >= 15 is 0 Å². The second-order valence-electron chi connectivity index (χ2n) is 5.22. The van der Waals surface area contributed by atoms with Crippen molar-refractivity contribution in [1.29, 1.82) is 0 Å². The molecule has 0 bridgehead atoms. The van der Waals surface area contributed by atoms with Crippen LogP contribution in [0.4, 0.5) is 16.4 Å². The third kappa shape index (κ3) is 2.66. The summed E-state index contributed by atoms with van der Waals surface area (Å²) in [7, 11) is 0. The molecule has 1 heterocycles. The second kappa shape index (κ2) is 5.92. The van der Waals surface area contributed by atoms with E-state index < -0.39 is 6.03 Å². The monoisotopic (exact) mass is 307 g/mol. The topological polar surface area (TPSA) is 77.0 Å². The summed E-state index contributed by atoms with van der Waals surface area (Å²) in [5.74, 6) is 0.362. The maximum absolute atomic E-state index is 12.2. The average molecular weight is 307 g/mol. The standard InChI is InChI=1S/C17H17N5O/c1-12-7-6-8-13(2)15(12)21(16(18)23)17-19-11-20-22(17)14-9-4-3-5-10-14/h3-11H,1-2H3,(H2,18,23). The van der Waals surface area contributed by atoms with Crippen molar-refractivity contribution >= 4 is 17.7 Å². The van der Waals surface area contributed by atoms with Gasteiger partial charge in [0.2, 0.25) is 5.95 Å². The van der Waals surface area contributed by atoms with Crippen LogP contribution >= 0.6 is 0 Å². The fraction of sp³-hybridized carbons (Fsp3) is 0.118. The predicted octanol–water partition coefficient (Wildman–Crippen LogP) is 3.10. The summed E-state index contributed by atoms with van der Waals surface area (Å²) in [5.41, 5.74) is 9.05. The Morgan fingerprint density at radius 3 is 2.30 bits per heavy atom. The van der Waals surface area contributed by atoms with Crippen LogP contribution in [-0.2, 0) is 0 Å². The lowest BCUT2D eigenvalue weighted by molar-refractivity contribution is 0.255. The first-order chi connectivity index (χ1) is 11.1. The summed E-state index contributed by atoms with van der Waals surface area (Å²) in [4.78, 5) is 17.8. The van der Waals surface area contributed by atoms with Crippen molar-refractivity contribution in [3.8, 4) is 5.69 Å². The number of nitrogens with zero attached hydrogens (tertiary/aromatic N) is 4. The number of aromatic nitrogens is 3. The van der Waals surface area contributed by atoms with Crippen molar-refractivity contribution in [2.24, 2.45) is 5.73 Å². The average Bonchev–Trinajstić information content (AvgIpc) is 3.00. The lowest BCUT2D eigenvalue weighted by atomic mass is 10.1. The smallest absolute Gasteiger partial charge is 0.326 e. The molecule has 6 heteroatoms. The number of rotatable bonds is 3. The molecule has 1 aromatic heterocycles. The molecule has 2 aromatic carbocycles.